The van der Waals surface area contributed by atoms with Crippen molar-refractivity contribution in [3.63, 3.8) is 0 Å². The SMILES string of the molecule is C=CCCC=N[S@@](=O)C(C)(C)C. The second kappa shape index (κ2) is 5.25. The first-order chi connectivity index (χ1) is 5.48. The first-order valence-corrected chi connectivity index (χ1v) is 5.14. The molecule has 0 aliphatic rings. The number of rotatable bonds is 4. The minimum atomic E-state index is -1.11. The molecule has 3 heteroatoms. The van der Waals surface area contributed by atoms with Crippen molar-refractivity contribution in [2.24, 2.45) is 4.40 Å². The number of nitrogens with zero attached hydrogens (tertiary/aromatic N) is 1. The molecule has 0 bridgehead atoms. The molecule has 0 N–H and O–H groups in total. The molecule has 0 spiro atoms. The summed E-state index contributed by atoms with van der Waals surface area (Å²) < 4.78 is 15.0. The maximum atomic E-state index is 11.3. The third-order valence-electron chi connectivity index (χ3n) is 1.19. The fraction of sp³-hybridized carbons (Fsp3) is 0.667. The Hall–Kier alpha value is -0.440. The lowest BCUT2D eigenvalue weighted by Gasteiger charge is -2.12. The summed E-state index contributed by atoms with van der Waals surface area (Å²) in [5.74, 6) is 0. The summed E-state index contributed by atoms with van der Waals surface area (Å²) in [6.45, 7) is 9.32. The molecule has 0 amide bonds. The molecule has 0 aliphatic heterocycles. The van der Waals surface area contributed by atoms with Gasteiger partial charge in [0.25, 0.3) is 0 Å². The fourth-order valence-corrected chi connectivity index (χ4v) is 1.03. The van der Waals surface area contributed by atoms with Crippen molar-refractivity contribution in [2.75, 3.05) is 0 Å². The van der Waals surface area contributed by atoms with Gasteiger partial charge in [-0.25, -0.2) is 4.21 Å². The molecule has 0 saturated heterocycles. The lowest BCUT2D eigenvalue weighted by atomic mass is 10.3. The molecule has 12 heavy (non-hydrogen) atoms. The third kappa shape index (κ3) is 5.24. The molecule has 2 nitrogen and oxygen atoms in total. The van der Waals surface area contributed by atoms with Crippen LogP contribution in [0.3, 0.4) is 0 Å². The van der Waals surface area contributed by atoms with Gasteiger partial charge in [0.1, 0.15) is 11.0 Å². The Morgan fingerprint density at radius 2 is 2.00 bits per heavy atom. The smallest absolute Gasteiger partial charge is 0.144 e. The number of hydrogen-bond donors (Lipinski definition) is 0. The van der Waals surface area contributed by atoms with Crippen molar-refractivity contribution in [1.29, 1.82) is 0 Å². The largest absolute Gasteiger partial charge is 0.234 e. The molecule has 0 unspecified atom stereocenters. The summed E-state index contributed by atoms with van der Waals surface area (Å²) in [5, 5.41) is 0. The minimum Gasteiger partial charge on any atom is -0.234 e. The standard InChI is InChI=1S/C9H17NOS/c1-5-6-7-8-10-12(11)9(2,3)4/h5,8H,1,6-7H2,2-4H3/t12-/m0/s1. The molecule has 0 saturated carbocycles. The molecule has 1 atom stereocenters. The van der Waals surface area contributed by atoms with Crippen LogP contribution in [0.1, 0.15) is 33.6 Å². The van der Waals surface area contributed by atoms with E-state index < -0.39 is 11.0 Å². The summed E-state index contributed by atoms with van der Waals surface area (Å²) in [4.78, 5) is 0. The summed E-state index contributed by atoms with van der Waals surface area (Å²) in [7, 11) is -1.11. The Balaban J connectivity index is 3.84. The van der Waals surface area contributed by atoms with Crippen LogP contribution in [0.2, 0.25) is 0 Å². The lowest BCUT2D eigenvalue weighted by Crippen LogP contribution is -2.19. The summed E-state index contributed by atoms with van der Waals surface area (Å²) in [6.07, 6.45) is 5.26. The topological polar surface area (TPSA) is 29.4 Å². The van der Waals surface area contributed by atoms with Gasteiger partial charge in [0.15, 0.2) is 0 Å². The van der Waals surface area contributed by atoms with Crippen LogP contribution in [0.15, 0.2) is 17.1 Å². The highest BCUT2D eigenvalue weighted by molar-refractivity contribution is 7.85. The van der Waals surface area contributed by atoms with E-state index in [0.29, 0.717) is 0 Å². The predicted octanol–water partition coefficient (Wildman–Crippen LogP) is 2.49. The molecule has 0 heterocycles. The van der Waals surface area contributed by atoms with Crippen molar-refractivity contribution in [3.8, 4) is 0 Å². The normalized spacial score (nSPS) is 14.9. The Kier molecular flexibility index (Phi) is 5.06. The summed E-state index contributed by atoms with van der Waals surface area (Å²) in [6, 6.07) is 0. The number of allylic oxidation sites excluding steroid dienone is 1. The lowest BCUT2D eigenvalue weighted by molar-refractivity contribution is 0.650. The highest BCUT2D eigenvalue weighted by Gasteiger charge is 2.17. The van der Waals surface area contributed by atoms with Crippen molar-refractivity contribution < 1.29 is 4.21 Å². The molecular formula is C9H17NOS. The van der Waals surface area contributed by atoms with Crippen molar-refractivity contribution in [2.45, 2.75) is 38.4 Å². The van der Waals surface area contributed by atoms with Crippen molar-refractivity contribution in [1.82, 2.24) is 0 Å². The number of unbranched alkanes of at least 4 members (excludes halogenated alkanes) is 1. The second-order valence-electron chi connectivity index (χ2n) is 3.52. The zero-order valence-corrected chi connectivity index (χ0v) is 8.86. The van der Waals surface area contributed by atoms with Crippen molar-refractivity contribution in [3.05, 3.63) is 12.7 Å². The zero-order valence-electron chi connectivity index (χ0n) is 8.04. The maximum absolute atomic E-state index is 11.3. The summed E-state index contributed by atoms with van der Waals surface area (Å²) >= 11 is 0. The molecule has 0 radical (unpaired) electrons. The summed E-state index contributed by atoms with van der Waals surface area (Å²) in [5.41, 5.74) is 0. The Morgan fingerprint density at radius 3 is 2.42 bits per heavy atom. The quantitative estimate of drug-likeness (QED) is 0.378. The fourth-order valence-electron chi connectivity index (χ4n) is 0.471. The highest BCUT2D eigenvalue weighted by atomic mass is 32.2. The van der Waals surface area contributed by atoms with Gasteiger partial charge < -0.3 is 0 Å². The third-order valence-corrected chi connectivity index (χ3v) is 2.58. The molecule has 0 fully saturated rings. The minimum absolute atomic E-state index is 0.245. The van der Waals surface area contributed by atoms with E-state index in [1.165, 1.54) is 0 Å². The van der Waals surface area contributed by atoms with E-state index in [0.717, 1.165) is 12.8 Å². The van der Waals surface area contributed by atoms with Gasteiger partial charge in [0.2, 0.25) is 0 Å². The van der Waals surface area contributed by atoms with Crippen LogP contribution in [-0.2, 0) is 11.0 Å². The Morgan fingerprint density at radius 1 is 1.42 bits per heavy atom. The van der Waals surface area contributed by atoms with Crippen LogP contribution < -0.4 is 0 Å². The van der Waals surface area contributed by atoms with Gasteiger partial charge in [-0.15, -0.1) is 6.58 Å². The second-order valence-corrected chi connectivity index (χ2v) is 5.45. The Labute approximate surface area is 77.4 Å². The number of hydrogen-bond acceptors (Lipinski definition) is 1. The van der Waals surface area contributed by atoms with Gasteiger partial charge in [0.05, 0.1) is 4.75 Å². The van der Waals surface area contributed by atoms with Crippen LogP contribution in [0.4, 0.5) is 0 Å². The highest BCUT2D eigenvalue weighted by Crippen LogP contribution is 2.11. The van der Waals surface area contributed by atoms with Crippen LogP contribution in [0, 0.1) is 0 Å². The van der Waals surface area contributed by atoms with Crippen LogP contribution in [0.5, 0.6) is 0 Å². The van der Waals surface area contributed by atoms with E-state index in [1.54, 1.807) is 6.21 Å². The van der Waals surface area contributed by atoms with Crippen LogP contribution >= 0.6 is 0 Å². The first-order valence-electron chi connectivity index (χ1n) is 4.04. The average molecular weight is 187 g/mol. The first kappa shape index (κ1) is 11.6. The van der Waals surface area contributed by atoms with E-state index in [4.69, 9.17) is 0 Å². The molecule has 70 valence electrons. The van der Waals surface area contributed by atoms with Gasteiger partial charge in [-0.3, -0.25) is 0 Å². The van der Waals surface area contributed by atoms with Gasteiger partial charge >= 0.3 is 0 Å². The van der Waals surface area contributed by atoms with E-state index in [-0.39, 0.29) is 4.75 Å². The van der Waals surface area contributed by atoms with Crippen LogP contribution in [0.25, 0.3) is 0 Å². The molecule has 0 rings (SSSR count). The van der Waals surface area contributed by atoms with Crippen LogP contribution in [-0.4, -0.2) is 15.2 Å². The molecule has 0 aliphatic carbocycles. The predicted molar refractivity (Wildman–Crippen MR) is 55.8 cm³/mol. The monoisotopic (exact) mass is 187 g/mol. The Bertz CT molecular complexity index is 191. The van der Waals surface area contributed by atoms with Gasteiger partial charge in [-0.2, -0.15) is 4.40 Å². The molecule has 0 aromatic carbocycles. The van der Waals surface area contributed by atoms with E-state index in [9.17, 15) is 4.21 Å². The van der Waals surface area contributed by atoms with E-state index in [1.807, 2.05) is 26.8 Å². The molecular weight excluding hydrogens is 170 g/mol. The average Bonchev–Trinajstić information content (AvgIpc) is 1.96. The van der Waals surface area contributed by atoms with Gasteiger partial charge in [-0.1, -0.05) is 6.08 Å². The molecule has 0 aromatic rings. The van der Waals surface area contributed by atoms with Gasteiger partial charge in [-0.05, 0) is 33.6 Å². The maximum Gasteiger partial charge on any atom is 0.144 e. The zero-order chi connectivity index (χ0) is 9.61. The van der Waals surface area contributed by atoms with Gasteiger partial charge in [0, 0.05) is 6.21 Å². The van der Waals surface area contributed by atoms with E-state index in [2.05, 4.69) is 11.0 Å². The van der Waals surface area contributed by atoms with Crippen molar-refractivity contribution >= 4 is 17.2 Å². The van der Waals surface area contributed by atoms with E-state index >= 15 is 0 Å². The molecule has 0 aromatic heterocycles.